The molecule has 41 heavy (non-hydrogen) atoms. The Morgan fingerprint density at radius 3 is 2.24 bits per heavy atom. The molecule has 0 aliphatic carbocycles. The van der Waals surface area contributed by atoms with Gasteiger partial charge in [-0.15, -0.1) is 0 Å². The van der Waals surface area contributed by atoms with Crippen molar-refractivity contribution in [3.63, 3.8) is 0 Å². The molecule has 1 fully saturated rings. The number of ketones is 1. The Labute approximate surface area is 232 Å². The molecule has 14 heteroatoms. The fraction of sp³-hybridized carbons (Fsp3) is 0.370. The molecule has 0 spiro atoms. The number of aromatic nitrogens is 2. The predicted octanol–water partition coefficient (Wildman–Crippen LogP) is 2.67. The highest BCUT2D eigenvalue weighted by atomic mass is 19.1. The average molecular weight is 572 g/mol. The number of carbonyl (C=O) groups excluding carboxylic acids is 5. The summed E-state index contributed by atoms with van der Waals surface area (Å²) in [6.45, 7) is 3.85. The second-order valence-corrected chi connectivity index (χ2v) is 9.65. The first-order chi connectivity index (χ1) is 19.5. The lowest BCUT2D eigenvalue weighted by Crippen LogP contribution is -2.30. The minimum Gasteiger partial charge on any atom is -0.444 e. The lowest BCUT2D eigenvalue weighted by Gasteiger charge is -2.24. The summed E-state index contributed by atoms with van der Waals surface area (Å²) in [5.41, 5.74) is 0.732. The third-order valence-corrected chi connectivity index (χ3v) is 6.84. The molecule has 2 aliphatic heterocycles. The molecular formula is C27H27F2N5O7. The number of halogens is 2. The number of anilines is 3. The van der Waals surface area contributed by atoms with Crippen LogP contribution in [0.25, 0.3) is 10.9 Å². The summed E-state index contributed by atoms with van der Waals surface area (Å²) in [5, 5.41) is 3.11. The minimum absolute atomic E-state index is 0.0323. The van der Waals surface area contributed by atoms with Crippen LogP contribution < -0.4 is 20.7 Å². The van der Waals surface area contributed by atoms with Gasteiger partial charge in [-0.05, 0) is 31.5 Å². The van der Waals surface area contributed by atoms with Gasteiger partial charge in [0, 0.05) is 44.3 Å². The van der Waals surface area contributed by atoms with E-state index >= 15 is 8.78 Å². The molecule has 0 saturated carbocycles. The van der Waals surface area contributed by atoms with E-state index in [0.717, 1.165) is 17.0 Å². The topological polar surface area (TPSA) is 140 Å². The van der Waals surface area contributed by atoms with Gasteiger partial charge in [0.1, 0.15) is 17.6 Å². The van der Waals surface area contributed by atoms with Crippen LogP contribution in [0.1, 0.15) is 26.7 Å². The van der Waals surface area contributed by atoms with E-state index in [0.29, 0.717) is 29.6 Å². The van der Waals surface area contributed by atoms with Gasteiger partial charge >= 0.3 is 12.2 Å². The highest BCUT2D eigenvalue weighted by Crippen LogP contribution is 2.32. The first-order valence-electron chi connectivity index (χ1n) is 12.8. The van der Waals surface area contributed by atoms with Crippen LogP contribution in [0, 0.1) is 11.6 Å². The summed E-state index contributed by atoms with van der Waals surface area (Å²) in [5.74, 6) is -1.94. The van der Waals surface area contributed by atoms with Crippen molar-refractivity contribution in [3.05, 3.63) is 52.3 Å². The fourth-order valence-electron chi connectivity index (χ4n) is 5.08. The molecule has 5 rings (SSSR count). The zero-order valence-corrected chi connectivity index (χ0v) is 22.3. The number of ether oxygens (including phenoxy) is 1. The molecule has 2 aromatic carbocycles. The zero-order valence-electron chi connectivity index (χ0n) is 22.3. The Morgan fingerprint density at radius 1 is 1.00 bits per heavy atom. The summed E-state index contributed by atoms with van der Waals surface area (Å²) in [7, 11) is 0. The van der Waals surface area contributed by atoms with Gasteiger partial charge in [0.25, 0.3) is 5.56 Å². The molecule has 2 aliphatic rings. The van der Waals surface area contributed by atoms with Gasteiger partial charge in [-0.3, -0.25) is 19.2 Å². The van der Waals surface area contributed by atoms with Crippen molar-refractivity contribution in [1.29, 1.82) is 0 Å². The molecule has 1 atom stereocenters. The maximum absolute atomic E-state index is 15.3. The number of nitrogens with zero attached hydrogens (tertiary/aromatic N) is 4. The van der Waals surface area contributed by atoms with E-state index in [1.165, 1.54) is 18.5 Å². The normalized spacial score (nSPS) is 16.3. The molecule has 3 heterocycles. The lowest BCUT2D eigenvalue weighted by atomic mass is 10.1. The van der Waals surface area contributed by atoms with E-state index in [9.17, 15) is 19.2 Å². The highest BCUT2D eigenvalue weighted by Gasteiger charge is 2.34. The SMILES string of the molecule is CC(=O)CC[C@H]1CN(c2cc(F)c(N3CCn4c(=O)c5cc(NC(C)=O)ccc5n4CC3)c(F)c2)C(=O)O1.O=C=O. The third-order valence-electron chi connectivity index (χ3n) is 6.84. The number of amides is 2. The summed E-state index contributed by atoms with van der Waals surface area (Å²) in [6.07, 6.45) is -0.398. The summed E-state index contributed by atoms with van der Waals surface area (Å²) >= 11 is 0. The molecule has 12 nitrogen and oxygen atoms in total. The molecule has 3 aromatic rings. The number of cyclic esters (lactones) is 1. The van der Waals surface area contributed by atoms with E-state index in [1.54, 1.807) is 27.8 Å². The molecule has 0 bridgehead atoms. The second kappa shape index (κ2) is 12.1. The molecule has 0 unspecified atom stereocenters. The van der Waals surface area contributed by atoms with Crippen molar-refractivity contribution >= 4 is 51.9 Å². The zero-order chi connectivity index (χ0) is 29.8. The summed E-state index contributed by atoms with van der Waals surface area (Å²) < 4.78 is 39.1. The van der Waals surface area contributed by atoms with Gasteiger partial charge in [-0.1, -0.05) is 0 Å². The number of rotatable bonds is 6. The largest absolute Gasteiger partial charge is 0.444 e. The Hall–Kier alpha value is -4.84. The maximum Gasteiger partial charge on any atom is 0.414 e. The molecule has 216 valence electrons. The van der Waals surface area contributed by atoms with Crippen LogP contribution >= 0.6 is 0 Å². The average Bonchev–Trinajstić information content (AvgIpc) is 3.30. The second-order valence-electron chi connectivity index (χ2n) is 9.65. The van der Waals surface area contributed by atoms with Crippen LogP contribution in [0.3, 0.4) is 0 Å². The molecule has 1 N–H and O–H groups in total. The molecule has 2 amide bonds. The van der Waals surface area contributed by atoms with Gasteiger partial charge in [0.05, 0.1) is 36.2 Å². The number of carbonyl (C=O) groups is 3. The number of fused-ring (bicyclic) bond motifs is 3. The fourth-order valence-corrected chi connectivity index (χ4v) is 5.08. The Balaban J connectivity index is 0.00000124. The third kappa shape index (κ3) is 6.17. The van der Waals surface area contributed by atoms with Crippen molar-refractivity contribution < 1.29 is 37.5 Å². The van der Waals surface area contributed by atoms with Crippen LogP contribution in [0.15, 0.2) is 35.1 Å². The quantitative estimate of drug-likeness (QED) is 0.476. The van der Waals surface area contributed by atoms with Crippen molar-refractivity contribution in [1.82, 2.24) is 9.36 Å². The Morgan fingerprint density at radius 2 is 1.63 bits per heavy atom. The van der Waals surface area contributed by atoms with Crippen LogP contribution in [0.4, 0.5) is 30.6 Å². The van der Waals surface area contributed by atoms with Crippen molar-refractivity contribution in [2.45, 2.75) is 45.9 Å². The van der Waals surface area contributed by atoms with Crippen LogP contribution in [0.2, 0.25) is 0 Å². The smallest absolute Gasteiger partial charge is 0.414 e. The van der Waals surface area contributed by atoms with E-state index < -0.39 is 23.8 Å². The standard InChI is InChI=1S/C26H27F2N5O5.CO2/c1-15(34)3-5-19-14-31(26(37)38-19)18-12-21(27)24(22(28)13-18)30-7-9-32-23-6-4-17(29-16(2)35)11-20(23)25(36)33(32)10-8-30;2-1-3/h4,6,11-13,19H,3,5,7-10,14H2,1-2H3,(H,29,35);/t19-;/m0./s1. The van der Waals surface area contributed by atoms with E-state index in [4.69, 9.17) is 14.3 Å². The predicted molar refractivity (Wildman–Crippen MR) is 142 cm³/mol. The minimum atomic E-state index is -0.830. The Kier molecular flexibility index (Phi) is 8.62. The van der Waals surface area contributed by atoms with Gasteiger partial charge in [0.2, 0.25) is 5.91 Å². The first kappa shape index (κ1) is 29.2. The Bertz CT molecular complexity index is 1590. The van der Waals surface area contributed by atoms with Crippen LogP contribution in [0.5, 0.6) is 0 Å². The van der Waals surface area contributed by atoms with Crippen LogP contribution in [-0.2, 0) is 37.0 Å². The number of hydrogen-bond donors (Lipinski definition) is 1. The van der Waals surface area contributed by atoms with E-state index in [-0.39, 0.29) is 67.4 Å². The van der Waals surface area contributed by atoms with Gasteiger partial charge in [-0.25, -0.2) is 18.3 Å². The van der Waals surface area contributed by atoms with Gasteiger partial charge in [0.15, 0.2) is 11.6 Å². The highest BCUT2D eigenvalue weighted by molar-refractivity contribution is 5.92. The molecule has 1 aromatic heterocycles. The number of hydrogen-bond acceptors (Lipinski definition) is 8. The monoisotopic (exact) mass is 571 g/mol. The van der Waals surface area contributed by atoms with Crippen molar-refractivity contribution in [3.8, 4) is 0 Å². The maximum atomic E-state index is 15.3. The first-order valence-corrected chi connectivity index (χ1v) is 12.8. The summed E-state index contributed by atoms with van der Waals surface area (Å²) in [6, 6.07) is 7.26. The molecular weight excluding hydrogens is 544 g/mol. The number of Topliss-reactive ketones (excluding diaryl/α,β-unsaturated/α-hetero) is 1. The van der Waals surface area contributed by atoms with Crippen molar-refractivity contribution in [2.75, 3.05) is 34.8 Å². The molecule has 1 saturated heterocycles. The van der Waals surface area contributed by atoms with Gasteiger partial charge < -0.3 is 19.7 Å². The van der Waals surface area contributed by atoms with Crippen LogP contribution in [-0.4, -0.2) is 59.0 Å². The summed E-state index contributed by atoms with van der Waals surface area (Å²) in [4.78, 5) is 66.9. The van der Waals surface area contributed by atoms with E-state index in [1.807, 2.05) is 0 Å². The van der Waals surface area contributed by atoms with Gasteiger partial charge in [-0.2, -0.15) is 9.59 Å². The van der Waals surface area contributed by atoms with E-state index in [2.05, 4.69) is 5.32 Å². The number of benzene rings is 2. The number of nitrogens with one attached hydrogen (secondary N) is 1. The molecule has 0 radical (unpaired) electrons. The lowest BCUT2D eigenvalue weighted by molar-refractivity contribution is -0.191. The van der Waals surface area contributed by atoms with Crippen molar-refractivity contribution in [2.24, 2.45) is 0 Å².